The van der Waals surface area contributed by atoms with Gasteiger partial charge in [0.25, 0.3) is 0 Å². The van der Waals surface area contributed by atoms with Gasteiger partial charge in [-0.1, -0.05) is 6.07 Å². The Morgan fingerprint density at radius 3 is 3.00 bits per heavy atom. The summed E-state index contributed by atoms with van der Waals surface area (Å²) in [5.41, 5.74) is 2.83. The fourth-order valence-electron chi connectivity index (χ4n) is 3.35. The lowest BCUT2D eigenvalue weighted by Crippen LogP contribution is -2.21. The number of anilines is 1. The summed E-state index contributed by atoms with van der Waals surface area (Å²) in [6.07, 6.45) is 5.22. The number of rotatable bonds is 7. The monoisotopic (exact) mass is 341 g/mol. The number of benzene rings is 1. The number of hydrogen-bond donors (Lipinski definition) is 1. The Labute approximate surface area is 149 Å². The maximum Gasteiger partial charge on any atom is 0.221 e. The maximum atomic E-state index is 11.2. The zero-order valence-electron chi connectivity index (χ0n) is 15.1. The van der Waals surface area contributed by atoms with Gasteiger partial charge in [0.15, 0.2) is 0 Å². The van der Waals surface area contributed by atoms with Crippen molar-refractivity contribution < 1.29 is 9.53 Å². The van der Waals surface area contributed by atoms with Gasteiger partial charge < -0.3 is 15.0 Å². The highest BCUT2D eigenvalue weighted by atomic mass is 16.5. The van der Waals surface area contributed by atoms with Crippen molar-refractivity contribution in [2.45, 2.75) is 45.3 Å². The minimum Gasteiger partial charge on any atom is -0.378 e. The molecule has 2 heterocycles. The van der Waals surface area contributed by atoms with Crippen LogP contribution in [0.4, 0.5) is 5.69 Å². The first-order valence-corrected chi connectivity index (χ1v) is 9.07. The molecule has 2 aromatic rings. The number of nitrogens with zero attached hydrogens (tertiary/aromatic N) is 2. The molecule has 0 radical (unpaired) electrons. The van der Waals surface area contributed by atoms with Crippen LogP contribution in [0.25, 0.3) is 10.9 Å². The van der Waals surface area contributed by atoms with Gasteiger partial charge in [0.2, 0.25) is 5.91 Å². The number of ether oxygens (including phenoxy) is 1. The van der Waals surface area contributed by atoms with Crippen LogP contribution in [-0.2, 0) is 16.1 Å². The maximum absolute atomic E-state index is 11.2. The molecule has 1 aromatic carbocycles. The molecule has 1 N–H and O–H groups in total. The molecule has 0 spiro atoms. The van der Waals surface area contributed by atoms with Crippen molar-refractivity contribution in [1.29, 1.82) is 0 Å². The van der Waals surface area contributed by atoms with E-state index in [0.717, 1.165) is 54.8 Å². The number of aromatic nitrogens is 1. The van der Waals surface area contributed by atoms with Gasteiger partial charge in [-0.25, -0.2) is 0 Å². The standard InChI is InChI=1S/C20H27N3O2/c1-15(24)21-17-9-10-20-16(13-17)7-8-18(22-20)14-23(2)11-3-5-19-6-4-12-25-19/h7-10,13,19H,3-6,11-12,14H2,1-2H3,(H,21,24). The predicted octanol–water partition coefficient (Wildman–Crippen LogP) is 3.58. The molecule has 0 aliphatic carbocycles. The summed E-state index contributed by atoms with van der Waals surface area (Å²) in [5, 5.41) is 3.84. The Morgan fingerprint density at radius 2 is 2.24 bits per heavy atom. The predicted molar refractivity (Wildman–Crippen MR) is 101 cm³/mol. The fourth-order valence-corrected chi connectivity index (χ4v) is 3.35. The lowest BCUT2D eigenvalue weighted by molar-refractivity contribution is -0.114. The third-order valence-corrected chi connectivity index (χ3v) is 4.59. The second-order valence-electron chi connectivity index (χ2n) is 6.91. The van der Waals surface area contributed by atoms with Gasteiger partial charge in [-0.05, 0) is 63.5 Å². The van der Waals surface area contributed by atoms with Crippen molar-refractivity contribution >= 4 is 22.5 Å². The number of hydrogen-bond acceptors (Lipinski definition) is 4. The highest BCUT2D eigenvalue weighted by Gasteiger charge is 2.15. The van der Waals surface area contributed by atoms with Crippen LogP contribution in [0.15, 0.2) is 30.3 Å². The number of fused-ring (bicyclic) bond motifs is 1. The molecule has 5 heteroatoms. The van der Waals surface area contributed by atoms with E-state index in [2.05, 4.69) is 29.4 Å². The molecule has 1 fully saturated rings. The summed E-state index contributed by atoms with van der Waals surface area (Å²) in [7, 11) is 2.14. The Morgan fingerprint density at radius 1 is 1.36 bits per heavy atom. The normalized spacial score (nSPS) is 17.3. The van der Waals surface area contributed by atoms with Gasteiger partial charge in [0.1, 0.15) is 0 Å². The van der Waals surface area contributed by atoms with E-state index in [9.17, 15) is 4.79 Å². The van der Waals surface area contributed by atoms with E-state index in [1.165, 1.54) is 19.8 Å². The first-order valence-electron chi connectivity index (χ1n) is 9.07. The Kier molecular flexibility index (Phi) is 6.00. The van der Waals surface area contributed by atoms with Gasteiger partial charge in [-0.2, -0.15) is 0 Å². The van der Waals surface area contributed by atoms with Crippen LogP contribution in [0, 0.1) is 0 Å². The summed E-state index contributed by atoms with van der Waals surface area (Å²) in [4.78, 5) is 18.2. The molecule has 1 atom stereocenters. The lowest BCUT2D eigenvalue weighted by Gasteiger charge is -2.17. The largest absolute Gasteiger partial charge is 0.378 e. The van der Waals surface area contributed by atoms with E-state index in [1.807, 2.05) is 18.2 Å². The van der Waals surface area contributed by atoms with Gasteiger partial charge in [0, 0.05) is 31.1 Å². The smallest absolute Gasteiger partial charge is 0.221 e. The number of carbonyl (C=O) groups is 1. The first-order chi connectivity index (χ1) is 12.1. The van der Waals surface area contributed by atoms with Gasteiger partial charge in [-0.3, -0.25) is 9.78 Å². The zero-order chi connectivity index (χ0) is 17.6. The number of amides is 1. The number of nitrogens with one attached hydrogen (secondary N) is 1. The Bertz CT molecular complexity index is 726. The van der Waals surface area contributed by atoms with Crippen molar-refractivity contribution in [1.82, 2.24) is 9.88 Å². The average molecular weight is 341 g/mol. The summed E-state index contributed by atoms with van der Waals surface area (Å²) < 4.78 is 5.68. The van der Waals surface area contributed by atoms with E-state index in [0.29, 0.717) is 6.10 Å². The molecular formula is C20H27N3O2. The molecular weight excluding hydrogens is 314 g/mol. The van der Waals surface area contributed by atoms with E-state index in [4.69, 9.17) is 9.72 Å². The quantitative estimate of drug-likeness (QED) is 0.836. The lowest BCUT2D eigenvalue weighted by atomic mass is 10.1. The molecule has 0 saturated carbocycles. The minimum atomic E-state index is -0.0615. The van der Waals surface area contributed by atoms with Crippen LogP contribution in [0.3, 0.4) is 0 Å². The third kappa shape index (κ3) is 5.25. The van der Waals surface area contributed by atoms with Crippen LogP contribution in [0.1, 0.15) is 38.3 Å². The van der Waals surface area contributed by atoms with Gasteiger partial charge in [0.05, 0.1) is 17.3 Å². The van der Waals surface area contributed by atoms with Crippen molar-refractivity contribution in [3.8, 4) is 0 Å². The SMILES string of the molecule is CC(=O)Nc1ccc2nc(CN(C)CCCC3CCCO3)ccc2c1. The Balaban J connectivity index is 1.54. The first kappa shape index (κ1) is 17.8. The van der Waals surface area contributed by atoms with Crippen LogP contribution in [0.2, 0.25) is 0 Å². The van der Waals surface area contributed by atoms with E-state index in [-0.39, 0.29) is 5.91 Å². The van der Waals surface area contributed by atoms with Gasteiger partial charge >= 0.3 is 0 Å². The summed E-state index contributed by atoms with van der Waals surface area (Å²) in [6.45, 7) is 4.35. The van der Waals surface area contributed by atoms with Crippen molar-refractivity contribution in [3.63, 3.8) is 0 Å². The molecule has 1 unspecified atom stereocenters. The van der Waals surface area contributed by atoms with Gasteiger partial charge in [-0.15, -0.1) is 0 Å². The van der Waals surface area contributed by atoms with Crippen molar-refractivity contribution in [2.75, 3.05) is 25.5 Å². The zero-order valence-corrected chi connectivity index (χ0v) is 15.1. The molecule has 1 aromatic heterocycles. The van der Waals surface area contributed by atoms with E-state index < -0.39 is 0 Å². The van der Waals surface area contributed by atoms with Crippen LogP contribution in [-0.4, -0.2) is 42.1 Å². The van der Waals surface area contributed by atoms with E-state index >= 15 is 0 Å². The molecule has 1 amide bonds. The number of pyridine rings is 1. The van der Waals surface area contributed by atoms with Crippen molar-refractivity contribution in [3.05, 3.63) is 36.0 Å². The number of carbonyl (C=O) groups excluding carboxylic acids is 1. The molecule has 1 aliphatic heterocycles. The fraction of sp³-hybridized carbons (Fsp3) is 0.500. The summed E-state index contributed by atoms with van der Waals surface area (Å²) in [5.74, 6) is -0.0615. The van der Waals surface area contributed by atoms with Crippen LogP contribution in [0.5, 0.6) is 0 Å². The second kappa shape index (κ2) is 8.41. The van der Waals surface area contributed by atoms with Crippen molar-refractivity contribution in [2.24, 2.45) is 0 Å². The Hall–Kier alpha value is -1.98. The third-order valence-electron chi connectivity index (χ3n) is 4.59. The summed E-state index contributed by atoms with van der Waals surface area (Å²) >= 11 is 0. The molecule has 134 valence electrons. The summed E-state index contributed by atoms with van der Waals surface area (Å²) in [6, 6.07) is 9.95. The highest BCUT2D eigenvalue weighted by molar-refractivity contribution is 5.92. The molecule has 3 rings (SSSR count). The molecule has 25 heavy (non-hydrogen) atoms. The van der Waals surface area contributed by atoms with E-state index in [1.54, 1.807) is 0 Å². The highest BCUT2D eigenvalue weighted by Crippen LogP contribution is 2.19. The average Bonchev–Trinajstić information content (AvgIpc) is 3.08. The minimum absolute atomic E-state index is 0.0615. The van der Waals surface area contributed by atoms with Crippen LogP contribution >= 0.6 is 0 Å². The molecule has 1 saturated heterocycles. The van der Waals surface area contributed by atoms with Crippen LogP contribution < -0.4 is 5.32 Å². The molecule has 1 aliphatic rings. The second-order valence-corrected chi connectivity index (χ2v) is 6.91. The molecule has 5 nitrogen and oxygen atoms in total. The molecule has 0 bridgehead atoms. The topological polar surface area (TPSA) is 54.5 Å².